The summed E-state index contributed by atoms with van der Waals surface area (Å²) in [5, 5.41) is 2.69. The number of rotatable bonds is 10. The zero-order valence-electron chi connectivity index (χ0n) is 15.5. The van der Waals surface area contributed by atoms with Gasteiger partial charge >= 0.3 is 0 Å². The van der Waals surface area contributed by atoms with Crippen LogP contribution >= 0.6 is 0 Å². The maximum absolute atomic E-state index is 12.5. The summed E-state index contributed by atoms with van der Waals surface area (Å²) >= 11 is 0. The van der Waals surface area contributed by atoms with E-state index >= 15 is 0 Å². The molecule has 0 saturated carbocycles. The molecular weight excluding hydrogens is 344 g/mol. The van der Waals surface area contributed by atoms with Crippen molar-refractivity contribution in [2.75, 3.05) is 20.3 Å². The average Bonchev–Trinajstić information content (AvgIpc) is 2.53. The van der Waals surface area contributed by atoms with E-state index in [1.54, 1.807) is 19.1 Å². The second-order valence-electron chi connectivity index (χ2n) is 6.06. The first-order chi connectivity index (χ1) is 11.7. The third kappa shape index (κ3) is 7.01. The molecule has 0 bridgehead atoms. The van der Waals surface area contributed by atoms with E-state index in [-0.39, 0.29) is 22.7 Å². The number of hydrogen-bond donors (Lipinski definition) is 2. The van der Waals surface area contributed by atoms with Crippen molar-refractivity contribution in [3.63, 3.8) is 0 Å². The molecule has 0 aliphatic carbocycles. The smallest absolute Gasteiger partial charge is 0.244 e. The zero-order valence-corrected chi connectivity index (χ0v) is 16.3. The van der Waals surface area contributed by atoms with Crippen LogP contribution in [0.5, 0.6) is 5.75 Å². The average molecular weight is 372 g/mol. The van der Waals surface area contributed by atoms with Crippen molar-refractivity contribution >= 4 is 15.9 Å². The number of carbonyl (C=O) groups is 1. The van der Waals surface area contributed by atoms with Crippen molar-refractivity contribution in [1.82, 2.24) is 10.0 Å². The number of benzene rings is 1. The van der Waals surface area contributed by atoms with E-state index in [1.807, 2.05) is 13.8 Å². The highest BCUT2D eigenvalue weighted by Crippen LogP contribution is 2.24. The first kappa shape index (κ1) is 21.4. The lowest BCUT2D eigenvalue weighted by atomic mass is 10.2. The van der Waals surface area contributed by atoms with Crippen molar-refractivity contribution in [1.29, 1.82) is 0 Å². The molecule has 0 unspecified atom stereocenters. The summed E-state index contributed by atoms with van der Waals surface area (Å²) in [7, 11) is -2.47. The van der Waals surface area contributed by atoms with E-state index in [2.05, 4.69) is 10.0 Å². The van der Waals surface area contributed by atoms with Gasteiger partial charge in [0.2, 0.25) is 15.9 Å². The number of hydrogen-bond acceptors (Lipinski definition) is 5. The minimum atomic E-state index is -3.88. The second kappa shape index (κ2) is 9.74. The maximum Gasteiger partial charge on any atom is 0.244 e. The highest BCUT2D eigenvalue weighted by atomic mass is 32.2. The van der Waals surface area contributed by atoms with E-state index in [0.717, 1.165) is 5.56 Å². The lowest BCUT2D eigenvalue weighted by molar-refractivity contribution is -0.122. The molecule has 2 N–H and O–H groups in total. The van der Waals surface area contributed by atoms with E-state index in [4.69, 9.17) is 9.47 Å². The van der Waals surface area contributed by atoms with Gasteiger partial charge in [0, 0.05) is 13.2 Å². The van der Waals surface area contributed by atoms with Crippen LogP contribution in [0.4, 0.5) is 0 Å². The normalized spacial score (nSPS) is 12.9. The minimum Gasteiger partial charge on any atom is -0.495 e. The number of sulfonamides is 1. The van der Waals surface area contributed by atoms with E-state index < -0.39 is 16.1 Å². The van der Waals surface area contributed by atoms with Crippen LogP contribution in [0.2, 0.25) is 0 Å². The van der Waals surface area contributed by atoms with Gasteiger partial charge in [0.1, 0.15) is 10.6 Å². The Morgan fingerprint density at radius 1 is 1.24 bits per heavy atom. The summed E-state index contributed by atoms with van der Waals surface area (Å²) in [4.78, 5) is 12.1. The molecule has 0 heterocycles. The largest absolute Gasteiger partial charge is 0.495 e. The van der Waals surface area contributed by atoms with Crippen molar-refractivity contribution in [2.45, 2.75) is 51.2 Å². The van der Waals surface area contributed by atoms with Crippen molar-refractivity contribution in [3.05, 3.63) is 23.8 Å². The SMILES string of the molecule is COc1ccc(C)cc1S(=O)(=O)N[C@@H](C)C(=O)NCCCOC(C)C. The second-order valence-corrected chi connectivity index (χ2v) is 7.74. The number of aryl methyl sites for hydroxylation is 1. The minimum absolute atomic E-state index is 0.0139. The van der Waals surface area contributed by atoms with Gasteiger partial charge in [0.25, 0.3) is 0 Å². The molecule has 1 atom stereocenters. The quantitative estimate of drug-likeness (QED) is 0.609. The predicted octanol–water partition coefficient (Wildman–Crippen LogP) is 1.60. The van der Waals surface area contributed by atoms with E-state index in [0.29, 0.717) is 19.6 Å². The van der Waals surface area contributed by atoms with Gasteiger partial charge in [-0.3, -0.25) is 4.79 Å². The fourth-order valence-corrected chi connectivity index (χ4v) is 3.56. The Labute approximate surface area is 150 Å². The lowest BCUT2D eigenvalue weighted by Gasteiger charge is -2.16. The molecule has 1 aromatic carbocycles. The Kier molecular flexibility index (Phi) is 8.34. The van der Waals surface area contributed by atoms with Gasteiger partial charge in [0.15, 0.2) is 0 Å². The van der Waals surface area contributed by atoms with Gasteiger partial charge < -0.3 is 14.8 Å². The molecule has 0 saturated heterocycles. The molecular formula is C17H28N2O5S. The van der Waals surface area contributed by atoms with Gasteiger partial charge in [-0.1, -0.05) is 6.07 Å². The summed E-state index contributed by atoms with van der Waals surface area (Å²) in [5.74, 6) is -0.156. The van der Waals surface area contributed by atoms with Gasteiger partial charge in [-0.15, -0.1) is 0 Å². The molecule has 1 amide bonds. The summed E-state index contributed by atoms with van der Waals surface area (Å²) < 4.78 is 37.9. The highest BCUT2D eigenvalue weighted by molar-refractivity contribution is 7.89. The van der Waals surface area contributed by atoms with Crippen molar-refractivity contribution < 1.29 is 22.7 Å². The van der Waals surface area contributed by atoms with Crippen LogP contribution in [0.1, 0.15) is 32.8 Å². The summed E-state index contributed by atoms with van der Waals surface area (Å²) in [5.41, 5.74) is 0.781. The molecule has 0 radical (unpaired) electrons. The molecule has 0 aliphatic heterocycles. The Bertz CT molecular complexity index is 674. The summed E-state index contributed by atoms with van der Waals surface area (Å²) in [6.45, 7) is 8.13. The molecule has 0 fully saturated rings. The van der Waals surface area contributed by atoms with Crippen LogP contribution in [0.25, 0.3) is 0 Å². The summed E-state index contributed by atoms with van der Waals surface area (Å²) in [6.07, 6.45) is 0.806. The third-order valence-corrected chi connectivity index (χ3v) is 4.97. The molecule has 1 rings (SSSR count). The third-order valence-electron chi connectivity index (χ3n) is 3.41. The maximum atomic E-state index is 12.5. The Balaban J connectivity index is 2.64. The molecule has 25 heavy (non-hydrogen) atoms. The van der Waals surface area contributed by atoms with Gasteiger partial charge in [-0.2, -0.15) is 4.72 Å². The molecule has 1 aromatic rings. The monoisotopic (exact) mass is 372 g/mol. The fraction of sp³-hybridized carbons (Fsp3) is 0.588. The fourth-order valence-electron chi connectivity index (χ4n) is 2.10. The van der Waals surface area contributed by atoms with Gasteiger partial charge in [-0.25, -0.2) is 8.42 Å². The molecule has 7 nitrogen and oxygen atoms in total. The number of methoxy groups -OCH3 is 1. The predicted molar refractivity (Wildman–Crippen MR) is 96.2 cm³/mol. The Hall–Kier alpha value is -1.64. The Morgan fingerprint density at radius 2 is 1.92 bits per heavy atom. The number of amides is 1. The lowest BCUT2D eigenvalue weighted by Crippen LogP contribution is -2.45. The van der Waals surface area contributed by atoms with Crippen LogP contribution < -0.4 is 14.8 Å². The number of ether oxygens (including phenoxy) is 2. The van der Waals surface area contributed by atoms with E-state index in [1.165, 1.54) is 20.1 Å². The number of nitrogens with one attached hydrogen (secondary N) is 2. The number of carbonyl (C=O) groups excluding carboxylic acids is 1. The van der Waals surface area contributed by atoms with Crippen LogP contribution in [0.15, 0.2) is 23.1 Å². The first-order valence-corrected chi connectivity index (χ1v) is 9.72. The topological polar surface area (TPSA) is 93.7 Å². The van der Waals surface area contributed by atoms with Crippen LogP contribution in [-0.4, -0.2) is 46.7 Å². The molecule has 0 spiro atoms. The van der Waals surface area contributed by atoms with Crippen LogP contribution in [0, 0.1) is 6.92 Å². The standard InChI is InChI=1S/C17H28N2O5S/c1-12(2)24-10-6-9-18-17(20)14(4)19-25(21,22)16-11-13(3)7-8-15(16)23-5/h7-8,11-12,14,19H,6,9-10H2,1-5H3,(H,18,20)/t14-/m0/s1. The molecule has 8 heteroatoms. The zero-order chi connectivity index (χ0) is 19.0. The van der Waals surface area contributed by atoms with Crippen molar-refractivity contribution in [2.24, 2.45) is 0 Å². The van der Waals surface area contributed by atoms with Crippen LogP contribution in [0.3, 0.4) is 0 Å². The molecule has 0 aromatic heterocycles. The molecule has 0 aliphatic rings. The van der Waals surface area contributed by atoms with Crippen molar-refractivity contribution in [3.8, 4) is 5.75 Å². The first-order valence-electron chi connectivity index (χ1n) is 8.23. The van der Waals surface area contributed by atoms with Crippen LogP contribution in [-0.2, 0) is 19.6 Å². The molecule has 142 valence electrons. The van der Waals surface area contributed by atoms with Gasteiger partial charge in [0.05, 0.1) is 19.3 Å². The van der Waals surface area contributed by atoms with Gasteiger partial charge in [-0.05, 0) is 51.8 Å². The Morgan fingerprint density at radius 3 is 2.52 bits per heavy atom. The van der Waals surface area contributed by atoms with E-state index in [9.17, 15) is 13.2 Å². The summed E-state index contributed by atoms with van der Waals surface area (Å²) in [6, 6.07) is 3.95. The highest BCUT2D eigenvalue weighted by Gasteiger charge is 2.25.